The minimum atomic E-state index is -0.533. The van der Waals surface area contributed by atoms with Crippen molar-refractivity contribution in [2.45, 2.75) is 32.2 Å². The van der Waals surface area contributed by atoms with Crippen LogP contribution in [0.15, 0.2) is 23.1 Å². The van der Waals surface area contributed by atoms with Crippen LogP contribution in [0.4, 0.5) is 0 Å². The molecule has 9 nitrogen and oxygen atoms in total. The van der Waals surface area contributed by atoms with Gasteiger partial charge in [-0.2, -0.15) is 10.2 Å². The number of rotatable bonds is 3. The van der Waals surface area contributed by atoms with Gasteiger partial charge < -0.3 is 10.6 Å². The Kier molecular flexibility index (Phi) is 4.41. The molecule has 9 heteroatoms. The molecule has 0 spiro atoms. The van der Waals surface area contributed by atoms with Gasteiger partial charge in [0.25, 0.3) is 11.5 Å². The number of hydrogen-bond donors (Lipinski definition) is 3. The lowest BCUT2D eigenvalue weighted by molar-refractivity contribution is -0.122. The van der Waals surface area contributed by atoms with Crippen LogP contribution in [-0.4, -0.2) is 44.4 Å². The predicted molar refractivity (Wildman–Crippen MR) is 84.8 cm³/mol. The van der Waals surface area contributed by atoms with Crippen molar-refractivity contribution in [2.24, 2.45) is 0 Å². The molecule has 24 heavy (non-hydrogen) atoms. The molecule has 0 unspecified atom stereocenters. The molecule has 3 rings (SSSR count). The third-order valence-electron chi connectivity index (χ3n) is 3.98. The maximum Gasteiger partial charge on any atom is 0.264 e. The summed E-state index contributed by atoms with van der Waals surface area (Å²) in [5, 5.41) is 15.9. The number of aromatic amines is 1. The van der Waals surface area contributed by atoms with Crippen LogP contribution in [0.5, 0.6) is 0 Å². The Morgan fingerprint density at radius 2 is 2.17 bits per heavy atom. The van der Waals surface area contributed by atoms with Crippen molar-refractivity contribution in [1.82, 2.24) is 30.6 Å². The summed E-state index contributed by atoms with van der Waals surface area (Å²) < 4.78 is 1.46. The van der Waals surface area contributed by atoms with Crippen molar-refractivity contribution in [3.63, 3.8) is 0 Å². The van der Waals surface area contributed by atoms with Gasteiger partial charge in [0.1, 0.15) is 6.04 Å². The number of hydrogen-bond acceptors (Lipinski definition) is 5. The maximum atomic E-state index is 12.5. The van der Waals surface area contributed by atoms with E-state index < -0.39 is 6.04 Å². The molecule has 0 aliphatic carbocycles. The summed E-state index contributed by atoms with van der Waals surface area (Å²) in [5.74, 6) is -0.114. The van der Waals surface area contributed by atoms with Crippen LogP contribution in [0.3, 0.4) is 0 Å². The first-order valence-electron chi connectivity index (χ1n) is 7.75. The molecular formula is C15H18N6O3. The van der Waals surface area contributed by atoms with Gasteiger partial charge in [-0.25, -0.2) is 9.78 Å². The number of nitrogens with one attached hydrogen (secondary N) is 3. The molecule has 126 valence electrons. The number of carbonyl (C=O) groups is 2. The van der Waals surface area contributed by atoms with E-state index in [1.807, 2.05) is 0 Å². The highest BCUT2D eigenvalue weighted by molar-refractivity contribution is 5.98. The topological polar surface area (TPSA) is 122 Å². The normalized spacial score (nSPS) is 17.9. The molecule has 0 aromatic carbocycles. The Balaban J connectivity index is 1.79. The second kappa shape index (κ2) is 6.65. The molecule has 0 saturated carbocycles. The number of H-pyrrole nitrogens is 1. The molecule has 0 radical (unpaired) electrons. The van der Waals surface area contributed by atoms with Gasteiger partial charge in [0.15, 0.2) is 5.82 Å². The van der Waals surface area contributed by atoms with Crippen molar-refractivity contribution >= 4 is 11.8 Å². The Morgan fingerprint density at radius 3 is 2.92 bits per heavy atom. The molecule has 1 fully saturated rings. The van der Waals surface area contributed by atoms with Crippen LogP contribution in [0.1, 0.15) is 35.3 Å². The second-order valence-corrected chi connectivity index (χ2v) is 5.65. The van der Waals surface area contributed by atoms with Crippen LogP contribution in [0, 0.1) is 6.92 Å². The first-order chi connectivity index (χ1) is 11.6. The first-order valence-corrected chi connectivity index (χ1v) is 7.75. The molecule has 1 aliphatic rings. The summed E-state index contributed by atoms with van der Waals surface area (Å²) >= 11 is 0. The van der Waals surface area contributed by atoms with Crippen molar-refractivity contribution in [1.29, 1.82) is 0 Å². The van der Waals surface area contributed by atoms with E-state index in [9.17, 15) is 14.4 Å². The van der Waals surface area contributed by atoms with E-state index in [4.69, 9.17) is 0 Å². The second-order valence-electron chi connectivity index (χ2n) is 5.65. The van der Waals surface area contributed by atoms with Crippen LogP contribution in [0.25, 0.3) is 5.82 Å². The molecule has 2 aromatic heterocycles. The summed E-state index contributed by atoms with van der Waals surface area (Å²) in [7, 11) is 0. The number of amides is 2. The Hall–Kier alpha value is -2.97. The quantitative estimate of drug-likeness (QED) is 0.711. The smallest absolute Gasteiger partial charge is 0.264 e. The van der Waals surface area contributed by atoms with Crippen molar-refractivity contribution < 1.29 is 9.59 Å². The van der Waals surface area contributed by atoms with Crippen LogP contribution >= 0.6 is 0 Å². The average molecular weight is 330 g/mol. The van der Waals surface area contributed by atoms with Crippen LogP contribution in [0.2, 0.25) is 0 Å². The van der Waals surface area contributed by atoms with Gasteiger partial charge in [0, 0.05) is 12.6 Å². The Morgan fingerprint density at radius 1 is 1.33 bits per heavy atom. The fourth-order valence-electron chi connectivity index (χ4n) is 2.63. The van der Waals surface area contributed by atoms with E-state index in [1.165, 1.54) is 23.0 Å². The zero-order valence-electron chi connectivity index (χ0n) is 13.2. The lowest BCUT2D eigenvalue weighted by Crippen LogP contribution is -2.45. The SMILES string of the molecule is Cc1c(C(=O)N[C@H]2CCCCNC2=O)cnn1-c1ccc(=O)[nH]n1. The minimum absolute atomic E-state index is 0.159. The van der Waals surface area contributed by atoms with Crippen LogP contribution < -0.4 is 16.2 Å². The van der Waals surface area contributed by atoms with Gasteiger partial charge in [-0.3, -0.25) is 14.4 Å². The third kappa shape index (κ3) is 3.19. The van der Waals surface area contributed by atoms with E-state index in [0.717, 1.165) is 12.8 Å². The molecule has 3 heterocycles. The van der Waals surface area contributed by atoms with E-state index in [1.54, 1.807) is 6.92 Å². The molecule has 2 aromatic rings. The lowest BCUT2D eigenvalue weighted by Gasteiger charge is -2.15. The van der Waals surface area contributed by atoms with E-state index in [2.05, 4.69) is 25.9 Å². The van der Waals surface area contributed by atoms with E-state index >= 15 is 0 Å². The fourth-order valence-corrected chi connectivity index (χ4v) is 2.63. The van der Waals surface area contributed by atoms with Crippen molar-refractivity contribution in [3.05, 3.63) is 39.9 Å². The van der Waals surface area contributed by atoms with E-state index in [0.29, 0.717) is 30.0 Å². The average Bonchev–Trinajstić information content (AvgIpc) is 2.84. The summed E-state index contributed by atoms with van der Waals surface area (Å²) in [6.45, 7) is 2.36. The zero-order chi connectivity index (χ0) is 17.1. The molecule has 1 saturated heterocycles. The fraction of sp³-hybridized carbons (Fsp3) is 0.400. The van der Waals surface area contributed by atoms with Crippen LogP contribution in [-0.2, 0) is 4.79 Å². The van der Waals surface area contributed by atoms with E-state index in [-0.39, 0.29) is 17.4 Å². The zero-order valence-corrected chi connectivity index (χ0v) is 13.2. The summed E-state index contributed by atoms with van der Waals surface area (Å²) in [5.41, 5.74) is 0.613. The number of nitrogens with zero attached hydrogens (tertiary/aromatic N) is 3. The number of aromatic nitrogens is 4. The molecule has 2 amide bonds. The standard InChI is InChI=1S/C15H18N6O3/c1-9-10(8-17-21(9)12-5-6-13(22)20-19-12)14(23)18-11-4-2-3-7-16-15(11)24/h5-6,8,11H,2-4,7H2,1H3,(H,16,24)(H,18,23)(H,20,22)/t11-/m0/s1. The summed E-state index contributed by atoms with van der Waals surface area (Å²) in [6.07, 6.45) is 3.83. The monoisotopic (exact) mass is 330 g/mol. The van der Waals surface area contributed by atoms with Gasteiger partial charge in [-0.05, 0) is 32.3 Å². The molecule has 0 bridgehead atoms. The van der Waals surface area contributed by atoms with Gasteiger partial charge in [-0.1, -0.05) is 0 Å². The lowest BCUT2D eigenvalue weighted by atomic mass is 10.1. The highest BCUT2D eigenvalue weighted by Gasteiger charge is 2.24. The summed E-state index contributed by atoms with van der Waals surface area (Å²) in [4.78, 5) is 35.5. The van der Waals surface area contributed by atoms with Gasteiger partial charge in [-0.15, -0.1) is 0 Å². The molecular weight excluding hydrogens is 312 g/mol. The first kappa shape index (κ1) is 15.9. The Labute approximate surface area is 137 Å². The van der Waals surface area contributed by atoms with Crippen molar-refractivity contribution in [3.8, 4) is 5.82 Å². The molecule has 1 aliphatic heterocycles. The molecule has 3 N–H and O–H groups in total. The molecule has 1 atom stereocenters. The largest absolute Gasteiger partial charge is 0.354 e. The third-order valence-corrected chi connectivity index (χ3v) is 3.98. The highest BCUT2D eigenvalue weighted by atomic mass is 16.2. The van der Waals surface area contributed by atoms with Gasteiger partial charge in [0.05, 0.1) is 17.5 Å². The highest BCUT2D eigenvalue weighted by Crippen LogP contribution is 2.13. The maximum absolute atomic E-state index is 12.5. The predicted octanol–water partition coefficient (Wildman–Crippen LogP) is -0.337. The van der Waals surface area contributed by atoms with Crippen molar-refractivity contribution in [2.75, 3.05) is 6.54 Å². The number of carbonyl (C=O) groups excluding carboxylic acids is 2. The van der Waals surface area contributed by atoms with Gasteiger partial charge >= 0.3 is 0 Å². The minimum Gasteiger partial charge on any atom is -0.354 e. The Bertz CT molecular complexity index is 804. The summed E-state index contributed by atoms with van der Waals surface area (Å²) in [6, 6.07) is 2.31. The van der Waals surface area contributed by atoms with Gasteiger partial charge in [0.2, 0.25) is 5.91 Å².